The van der Waals surface area contributed by atoms with Crippen molar-refractivity contribution in [3.8, 4) is 0 Å². The van der Waals surface area contributed by atoms with E-state index >= 15 is 0 Å². The Kier molecular flexibility index (Phi) is 1.98. The Morgan fingerprint density at radius 1 is 1.33 bits per heavy atom. The maximum atomic E-state index is 4.51. The summed E-state index contributed by atoms with van der Waals surface area (Å²) in [7, 11) is 0. The van der Waals surface area contributed by atoms with Gasteiger partial charge in [0.2, 0.25) is 0 Å². The van der Waals surface area contributed by atoms with Crippen LogP contribution in [0, 0.1) is 6.92 Å². The van der Waals surface area contributed by atoms with Gasteiger partial charge in [0.25, 0.3) is 0 Å². The summed E-state index contributed by atoms with van der Waals surface area (Å²) in [5.74, 6) is 0. The van der Waals surface area contributed by atoms with Crippen molar-refractivity contribution < 1.29 is 0 Å². The van der Waals surface area contributed by atoms with Gasteiger partial charge in [-0.25, -0.2) is 0 Å². The summed E-state index contributed by atoms with van der Waals surface area (Å²) in [6, 6.07) is 4.21. The Balaban J connectivity index is 2.36. The lowest BCUT2D eigenvalue weighted by molar-refractivity contribution is 0.772. The van der Waals surface area contributed by atoms with E-state index in [1.807, 2.05) is 6.92 Å². The number of hydrogen-bond acceptors (Lipinski definition) is 2. The fourth-order valence-electron chi connectivity index (χ4n) is 1.60. The standard InChI is InChI=1S/C10H14N2/c1-8-5-6-9-10(12-8)4-2-3-7-11-9/h5-6,11H,2-4,7H2,1H3. The van der Waals surface area contributed by atoms with E-state index in [0.717, 1.165) is 18.7 Å². The van der Waals surface area contributed by atoms with Crippen LogP contribution in [0.4, 0.5) is 5.69 Å². The summed E-state index contributed by atoms with van der Waals surface area (Å²) in [4.78, 5) is 4.51. The molecule has 12 heavy (non-hydrogen) atoms. The predicted octanol–water partition coefficient (Wildman–Crippen LogP) is 2.14. The molecule has 0 atom stereocenters. The number of anilines is 1. The topological polar surface area (TPSA) is 24.9 Å². The number of rotatable bonds is 0. The van der Waals surface area contributed by atoms with E-state index in [2.05, 4.69) is 22.4 Å². The maximum Gasteiger partial charge on any atom is 0.0637 e. The van der Waals surface area contributed by atoms with Gasteiger partial charge in [0.15, 0.2) is 0 Å². The summed E-state index contributed by atoms with van der Waals surface area (Å²) in [5, 5.41) is 3.39. The molecule has 0 saturated heterocycles. The molecule has 2 heterocycles. The molecule has 0 spiro atoms. The van der Waals surface area contributed by atoms with Crippen LogP contribution >= 0.6 is 0 Å². The molecule has 0 aromatic carbocycles. The second-order valence-corrected chi connectivity index (χ2v) is 3.33. The Labute approximate surface area is 73.0 Å². The van der Waals surface area contributed by atoms with Crippen molar-refractivity contribution in [3.05, 3.63) is 23.5 Å². The van der Waals surface area contributed by atoms with Crippen LogP contribution in [0.1, 0.15) is 24.2 Å². The van der Waals surface area contributed by atoms with E-state index in [9.17, 15) is 0 Å². The minimum Gasteiger partial charge on any atom is -0.384 e. The molecular formula is C10H14N2. The monoisotopic (exact) mass is 162 g/mol. The van der Waals surface area contributed by atoms with Gasteiger partial charge in [0.05, 0.1) is 11.4 Å². The molecule has 2 nitrogen and oxygen atoms in total. The van der Waals surface area contributed by atoms with Gasteiger partial charge in [0, 0.05) is 12.2 Å². The molecule has 1 aromatic rings. The second kappa shape index (κ2) is 3.13. The molecule has 0 radical (unpaired) electrons. The third kappa shape index (κ3) is 1.42. The Bertz CT molecular complexity index is 281. The Morgan fingerprint density at radius 2 is 2.25 bits per heavy atom. The molecule has 0 bridgehead atoms. The molecule has 0 fully saturated rings. The number of nitrogens with one attached hydrogen (secondary N) is 1. The van der Waals surface area contributed by atoms with Crippen molar-refractivity contribution in [2.24, 2.45) is 0 Å². The van der Waals surface area contributed by atoms with Crippen LogP contribution in [0.25, 0.3) is 0 Å². The average molecular weight is 162 g/mol. The zero-order chi connectivity index (χ0) is 8.39. The lowest BCUT2D eigenvalue weighted by atomic mass is 10.2. The Morgan fingerprint density at radius 3 is 3.17 bits per heavy atom. The van der Waals surface area contributed by atoms with E-state index in [4.69, 9.17) is 0 Å². The zero-order valence-electron chi connectivity index (χ0n) is 7.43. The molecule has 2 heteroatoms. The largest absolute Gasteiger partial charge is 0.384 e. The summed E-state index contributed by atoms with van der Waals surface area (Å²) < 4.78 is 0. The molecule has 64 valence electrons. The number of hydrogen-bond donors (Lipinski definition) is 1. The van der Waals surface area contributed by atoms with Crippen molar-refractivity contribution >= 4 is 5.69 Å². The van der Waals surface area contributed by atoms with Gasteiger partial charge in [-0.05, 0) is 38.3 Å². The van der Waals surface area contributed by atoms with Crippen LogP contribution in [0.15, 0.2) is 12.1 Å². The van der Waals surface area contributed by atoms with Gasteiger partial charge in [-0.15, -0.1) is 0 Å². The first-order chi connectivity index (χ1) is 5.86. The normalized spacial score (nSPS) is 16.1. The van der Waals surface area contributed by atoms with Crippen LogP contribution in [-0.4, -0.2) is 11.5 Å². The van der Waals surface area contributed by atoms with E-state index in [1.54, 1.807) is 0 Å². The highest BCUT2D eigenvalue weighted by Crippen LogP contribution is 2.19. The SMILES string of the molecule is Cc1ccc2c(n1)CCCCN2. The first-order valence-corrected chi connectivity index (χ1v) is 4.57. The minimum atomic E-state index is 1.09. The average Bonchev–Trinajstić information content (AvgIpc) is 2.28. The van der Waals surface area contributed by atoms with Crippen LogP contribution in [0.2, 0.25) is 0 Å². The molecular weight excluding hydrogens is 148 g/mol. The van der Waals surface area contributed by atoms with Crippen LogP contribution in [-0.2, 0) is 6.42 Å². The molecule has 1 N–H and O–H groups in total. The van der Waals surface area contributed by atoms with Crippen molar-refractivity contribution in [1.29, 1.82) is 0 Å². The minimum absolute atomic E-state index is 1.09. The first-order valence-electron chi connectivity index (χ1n) is 4.57. The Hall–Kier alpha value is -1.05. The van der Waals surface area contributed by atoms with E-state index < -0.39 is 0 Å². The van der Waals surface area contributed by atoms with Gasteiger partial charge in [-0.2, -0.15) is 0 Å². The lowest BCUT2D eigenvalue weighted by Crippen LogP contribution is -2.00. The van der Waals surface area contributed by atoms with Gasteiger partial charge < -0.3 is 5.32 Å². The van der Waals surface area contributed by atoms with Gasteiger partial charge in [-0.3, -0.25) is 4.98 Å². The third-order valence-electron chi connectivity index (χ3n) is 2.27. The molecule has 0 saturated carbocycles. The van der Waals surface area contributed by atoms with Crippen LogP contribution in [0.5, 0.6) is 0 Å². The fraction of sp³-hybridized carbons (Fsp3) is 0.500. The molecule has 1 aromatic heterocycles. The number of nitrogens with zero attached hydrogens (tertiary/aromatic N) is 1. The molecule has 2 rings (SSSR count). The summed E-state index contributed by atoms with van der Waals surface area (Å²) in [6.45, 7) is 3.14. The quantitative estimate of drug-likeness (QED) is 0.632. The van der Waals surface area contributed by atoms with Gasteiger partial charge in [-0.1, -0.05) is 0 Å². The second-order valence-electron chi connectivity index (χ2n) is 3.33. The van der Waals surface area contributed by atoms with Crippen LogP contribution in [0.3, 0.4) is 0 Å². The summed E-state index contributed by atoms with van der Waals surface area (Å²) in [5.41, 5.74) is 3.60. The van der Waals surface area contributed by atoms with Crippen molar-refractivity contribution in [2.75, 3.05) is 11.9 Å². The number of fused-ring (bicyclic) bond motifs is 1. The van der Waals surface area contributed by atoms with Crippen molar-refractivity contribution in [1.82, 2.24) is 4.98 Å². The smallest absolute Gasteiger partial charge is 0.0637 e. The van der Waals surface area contributed by atoms with Crippen molar-refractivity contribution in [2.45, 2.75) is 26.2 Å². The lowest BCUT2D eigenvalue weighted by Gasteiger charge is -2.06. The zero-order valence-corrected chi connectivity index (χ0v) is 7.43. The molecule has 0 unspecified atom stereocenters. The highest BCUT2D eigenvalue weighted by atomic mass is 14.9. The summed E-state index contributed by atoms with van der Waals surface area (Å²) in [6.07, 6.45) is 3.65. The number of aryl methyl sites for hydroxylation is 2. The third-order valence-corrected chi connectivity index (χ3v) is 2.27. The summed E-state index contributed by atoms with van der Waals surface area (Å²) >= 11 is 0. The van der Waals surface area contributed by atoms with E-state index in [0.29, 0.717) is 0 Å². The van der Waals surface area contributed by atoms with E-state index in [1.165, 1.54) is 24.2 Å². The molecule has 0 amide bonds. The predicted molar refractivity (Wildman–Crippen MR) is 50.4 cm³/mol. The molecule has 1 aliphatic heterocycles. The van der Waals surface area contributed by atoms with E-state index in [-0.39, 0.29) is 0 Å². The molecule has 1 aliphatic rings. The van der Waals surface area contributed by atoms with Gasteiger partial charge >= 0.3 is 0 Å². The fourth-order valence-corrected chi connectivity index (χ4v) is 1.60. The highest BCUT2D eigenvalue weighted by Gasteiger charge is 2.07. The van der Waals surface area contributed by atoms with Crippen molar-refractivity contribution in [3.63, 3.8) is 0 Å². The first kappa shape index (κ1) is 7.59. The van der Waals surface area contributed by atoms with Gasteiger partial charge in [0.1, 0.15) is 0 Å². The highest BCUT2D eigenvalue weighted by molar-refractivity contribution is 5.49. The van der Waals surface area contributed by atoms with Crippen LogP contribution < -0.4 is 5.32 Å². The number of pyridine rings is 1. The number of aromatic nitrogens is 1. The molecule has 0 aliphatic carbocycles. The maximum absolute atomic E-state index is 4.51.